The SMILES string of the molecule is CCN(CC)CCn1nc(Nc2cc(Cl)cc(Cl)c2)c(OC(=O)OC)n1.Cl. The van der Waals surface area contributed by atoms with Gasteiger partial charge in [0.2, 0.25) is 5.82 Å². The predicted octanol–water partition coefficient (Wildman–Crippen LogP) is 4.24. The number of halogens is 3. The van der Waals surface area contributed by atoms with Crippen molar-refractivity contribution in [2.24, 2.45) is 0 Å². The van der Waals surface area contributed by atoms with Gasteiger partial charge < -0.3 is 19.7 Å². The van der Waals surface area contributed by atoms with Crippen LogP contribution >= 0.6 is 35.6 Å². The number of methoxy groups -OCH3 is 1. The van der Waals surface area contributed by atoms with Crippen molar-refractivity contribution in [1.29, 1.82) is 0 Å². The third-order valence-corrected chi connectivity index (χ3v) is 4.04. The fourth-order valence-corrected chi connectivity index (χ4v) is 2.76. The van der Waals surface area contributed by atoms with Gasteiger partial charge in [0.1, 0.15) is 0 Å². The normalized spacial score (nSPS) is 10.4. The summed E-state index contributed by atoms with van der Waals surface area (Å²) in [4.78, 5) is 15.2. The van der Waals surface area contributed by atoms with Gasteiger partial charge in [-0.2, -0.15) is 4.80 Å². The summed E-state index contributed by atoms with van der Waals surface area (Å²) in [5.74, 6) is 0.265. The summed E-state index contributed by atoms with van der Waals surface area (Å²) < 4.78 is 9.59. The molecule has 0 amide bonds. The molecule has 0 radical (unpaired) electrons. The van der Waals surface area contributed by atoms with Crippen molar-refractivity contribution in [2.75, 3.05) is 32.1 Å². The monoisotopic (exact) mass is 437 g/mol. The molecule has 11 heteroatoms. The van der Waals surface area contributed by atoms with E-state index >= 15 is 0 Å². The molecule has 0 saturated heterocycles. The Balaban J connectivity index is 0.00000364. The molecular formula is C16H22Cl3N5O3. The first-order chi connectivity index (χ1) is 12.4. The Labute approximate surface area is 174 Å². The first kappa shape index (κ1) is 23.3. The second-order valence-electron chi connectivity index (χ2n) is 5.32. The molecule has 1 aromatic carbocycles. The molecule has 1 heterocycles. The summed E-state index contributed by atoms with van der Waals surface area (Å²) in [6, 6.07) is 4.95. The van der Waals surface area contributed by atoms with Gasteiger partial charge in [-0.3, -0.25) is 0 Å². The van der Waals surface area contributed by atoms with Crippen molar-refractivity contribution < 1.29 is 14.3 Å². The minimum Gasteiger partial charge on any atom is -0.437 e. The maximum absolute atomic E-state index is 11.5. The van der Waals surface area contributed by atoms with E-state index < -0.39 is 6.16 Å². The van der Waals surface area contributed by atoms with Gasteiger partial charge in [0.15, 0.2) is 0 Å². The zero-order chi connectivity index (χ0) is 19.1. The van der Waals surface area contributed by atoms with Gasteiger partial charge >= 0.3 is 6.16 Å². The zero-order valence-electron chi connectivity index (χ0n) is 15.2. The van der Waals surface area contributed by atoms with Gasteiger partial charge in [-0.25, -0.2) is 4.79 Å². The van der Waals surface area contributed by atoms with E-state index in [0.29, 0.717) is 22.3 Å². The molecule has 0 aliphatic carbocycles. The summed E-state index contributed by atoms with van der Waals surface area (Å²) in [7, 11) is 1.22. The van der Waals surface area contributed by atoms with Crippen LogP contribution in [0.2, 0.25) is 10.0 Å². The number of carbonyl (C=O) groups is 1. The highest BCUT2D eigenvalue weighted by molar-refractivity contribution is 6.35. The molecule has 8 nitrogen and oxygen atoms in total. The molecule has 2 aromatic rings. The average molecular weight is 439 g/mol. The molecule has 0 atom stereocenters. The van der Waals surface area contributed by atoms with Crippen LogP contribution in [0.1, 0.15) is 13.8 Å². The number of ether oxygens (including phenoxy) is 2. The summed E-state index contributed by atoms with van der Waals surface area (Å²) in [5, 5.41) is 12.5. The number of anilines is 2. The van der Waals surface area contributed by atoms with Gasteiger partial charge in [0.25, 0.3) is 5.88 Å². The van der Waals surface area contributed by atoms with Crippen molar-refractivity contribution in [3.63, 3.8) is 0 Å². The first-order valence-electron chi connectivity index (χ1n) is 8.11. The number of likely N-dealkylation sites (N-methyl/N-ethyl adjacent to an activating group) is 1. The molecule has 0 unspecified atom stereocenters. The van der Waals surface area contributed by atoms with Crippen LogP contribution in [0, 0.1) is 0 Å². The van der Waals surface area contributed by atoms with Crippen LogP contribution in [0.15, 0.2) is 18.2 Å². The number of rotatable bonds is 8. The standard InChI is InChI=1S/C16H21Cl2N5O3.ClH/c1-4-22(5-2)6-7-23-20-14(15(21-23)26-16(24)25-3)19-13-9-11(17)8-12(18)10-13;/h8-10H,4-7H2,1-3H3,(H,19,20);1H. The lowest BCUT2D eigenvalue weighted by Crippen LogP contribution is -2.27. The molecule has 0 fully saturated rings. The Morgan fingerprint density at radius 2 is 1.81 bits per heavy atom. The van der Waals surface area contributed by atoms with Crippen LogP contribution in [0.3, 0.4) is 0 Å². The highest BCUT2D eigenvalue weighted by atomic mass is 35.5. The number of nitrogens with zero attached hydrogens (tertiary/aromatic N) is 4. The van der Waals surface area contributed by atoms with Crippen molar-refractivity contribution >= 4 is 53.3 Å². The lowest BCUT2D eigenvalue weighted by atomic mass is 10.3. The molecule has 0 aliphatic heterocycles. The highest BCUT2D eigenvalue weighted by Gasteiger charge is 2.17. The predicted molar refractivity (Wildman–Crippen MR) is 108 cm³/mol. The van der Waals surface area contributed by atoms with Crippen LogP contribution in [-0.2, 0) is 11.3 Å². The molecule has 1 aromatic heterocycles. The minimum atomic E-state index is -0.882. The maximum Gasteiger partial charge on any atom is 0.515 e. The van der Waals surface area contributed by atoms with Crippen LogP contribution in [0.25, 0.3) is 0 Å². The Morgan fingerprint density at radius 3 is 2.37 bits per heavy atom. The van der Waals surface area contributed by atoms with Gasteiger partial charge in [0, 0.05) is 22.3 Å². The van der Waals surface area contributed by atoms with E-state index in [9.17, 15) is 4.79 Å². The van der Waals surface area contributed by atoms with E-state index in [4.69, 9.17) is 27.9 Å². The Bertz CT molecular complexity index is 733. The molecule has 150 valence electrons. The van der Waals surface area contributed by atoms with Crippen molar-refractivity contribution in [2.45, 2.75) is 20.4 Å². The molecule has 0 spiro atoms. The lowest BCUT2D eigenvalue weighted by molar-refractivity contribution is 0.119. The molecular weight excluding hydrogens is 417 g/mol. The fourth-order valence-electron chi connectivity index (χ4n) is 2.23. The summed E-state index contributed by atoms with van der Waals surface area (Å²) in [6.07, 6.45) is -0.882. The lowest BCUT2D eigenvalue weighted by Gasteiger charge is -2.16. The summed E-state index contributed by atoms with van der Waals surface area (Å²) in [6.45, 7) is 7.33. The molecule has 0 bridgehead atoms. The third-order valence-electron chi connectivity index (χ3n) is 3.61. The number of nitrogens with one attached hydrogen (secondary N) is 1. The van der Waals surface area contributed by atoms with Gasteiger partial charge in [-0.15, -0.1) is 22.6 Å². The van der Waals surface area contributed by atoms with Crippen molar-refractivity contribution in [3.05, 3.63) is 28.2 Å². The smallest absolute Gasteiger partial charge is 0.437 e. The molecule has 2 rings (SSSR count). The summed E-state index contributed by atoms with van der Waals surface area (Å²) in [5.41, 5.74) is 0.591. The van der Waals surface area contributed by atoms with E-state index in [-0.39, 0.29) is 24.1 Å². The second-order valence-corrected chi connectivity index (χ2v) is 6.19. The van der Waals surface area contributed by atoms with E-state index in [2.05, 4.69) is 39.0 Å². The van der Waals surface area contributed by atoms with Crippen LogP contribution in [0.4, 0.5) is 16.3 Å². The quantitative estimate of drug-likeness (QED) is 0.617. The summed E-state index contributed by atoms with van der Waals surface area (Å²) >= 11 is 12.0. The third kappa shape index (κ3) is 7.06. The largest absolute Gasteiger partial charge is 0.515 e. The Morgan fingerprint density at radius 1 is 1.19 bits per heavy atom. The minimum absolute atomic E-state index is 0. The second kappa shape index (κ2) is 11.2. The van der Waals surface area contributed by atoms with Crippen molar-refractivity contribution in [3.8, 4) is 5.88 Å². The number of benzene rings is 1. The Hall–Kier alpha value is -1.74. The van der Waals surface area contributed by atoms with Gasteiger partial charge in [-0.05, 0) is 31.3 Å². The first-order valence-corrected chi connectivity index (χ1v) is 8.87. The Kier molecular flexibility index (Phi) is 9.65. The molecule has 27 heavy (non-hydrogen) atoms. The topological polar surface area (TPSA) is 81.5 Å². The number of aromatic nitrogens is 3. The maximum atomic E-state index is 11.5. The average Bonchev–Trinajstić information content (AvgIpc) is 2.96. The molecule has 0 aliphatic rings. The van der Waals surface area contributed by atoms with E-state index in [1.807, 2.05) is 0 Å². The van der Waals surface area contributed by atoms with Crippen molar-refractivity contribution in [1.82, 2.24) is 19.9 Å². The van der Waals surface area contributed by atoms with Crippen LogP contribution < -0.4 is 10.1 Å². The number of hydrogen-bond acceptors (Lipinski definition) is 7. The highest BCUT2D eigenvalue weighted by Crippen LogP contribution is 2.28. The molecule has 0 saturated carbocycles. The van der Waals surface area contributed by atoms with E-state index in [0.717, 1.165) is 19.6 Å². The van der Waals surface area contributed by atoms with E-state index in [1.165, 1.54) is 11.9 Å². The van der Waals surface area contributed by atoms with Crippen LogP contribution in [-0.4, -0.2) is 52.8 Å². The zero-order valence-corrected chi connectivity index (χ0v) is 17.6. The van der Waals surface area contributed by atoms with E-state index in [1.54, 1.807) is 18.2 Å². The number of carbonyl (C=O) groups excluding carboxylic acids is 1. The van der Waals surface area contributed by atoms with Gasteiger partial charge in [-0.1, -0.05) is 37.0 Å². The number of hydrogen-bond donors (Lipinski definition) is 1. The fraction of sp³-hybridized carbons (Fsp3) is 0.438. The van der Waals surface area contributed by atoms with Gasteiger partial charge in [0.05, 0.1) is 13.7 Å². The van der Waals surface area contributed by atoms with Crippen LogP contribution in [0.5, 0.6) is 5.88 Å². The molecule has 1 N–H and O–H groups in total.